The number of carbonyl (C=O) groups is 4. The highest BCUT2D eigenvalue weighted by Crippen LogP contribution is 2.18. The Morgan fingerprint density at radius 3 is 1.84 bits per heavy atom. The quantitative estimate of drug-likeness (QED) is 0.334. The normalized spacial score (nSPS) is 11.2. The minimum absolute atomic E-state index is 0.0605. The van der Waals surface area contributed by atoms with Gasteiger partial charge < -0.3 is 10.2 Å². The van der Waals surface area contributed by atoms with Gasteiger partial charge >= 0.3 is 23.9 Å². The highest BCUT2D eigenvalue weighted by atomic mass is 17.2. The Labute approximate surface area is 183 Å². The van der Waals surface area contributed by atoms with Crippen molar-refractivity contribution < 1.29 is 48.9 Å². The van der Waals surface area contributed by atoms with Crippen LogP contribution in [0.4, 0.5) is 0 Å². The third kappa shape index (κ3) is 7.82. The van der Waals surface area contributed by atoms with Crippen LogP contribution < -0.4 is 0 Å². The van der Waals surface area contributed by atoms with Gasteiger partial charge in [0.15, 0.2) is 0 Å². The Bertz CT molecular complexity index is 925. The molecule has 0 heterocycles. The predicted octanol–water partition coefficient (Wildman–Crippen LogP) is 2.20. The molecule has 32 heavy (non-hydrogen) atoms. The van der Waals surface area contributed by atoms with E-state index in [2.05, 4.69) is 19.6 Å². The number of carbonyl (C=O) groups excluding carboxylic acids is 4. The molecule has 2 rings (SSSR count). The third-order valence-electron chi connectivity index (χ3n) is 4.15. The predicted molar refractivity (Wildman–Crippen MR) is 106 cm³/mol. The molecule has 0 spiro atoms. The average molecular weight is 446 g/mol. The van der Waals surface area contributed by atoms with Gasteiger partial charge in [-0.3, -0.25) is 0 Å². The van der Waals surface area contributed by atoms with E-state index in [4.69, 9.17) is 5.11 Å². The van der Waals surface area contributed by atoms with Crippen molar-refractivity contribution in [1.82, 2.24) is 0 Å². The number of hydrogen-bond donors (Lipinski definition) is 2. The second-order valence-electron chi connectivity index (χ2n) is 6.51. The molecule has 0 fully saturated rings. The van der Waals surface area contributed by atoms with Crippen molar-refractivity contribution >= 4 is 23.9 Å². The summed E-state index contributed by atoms with van der Waals surface area (Å²) in [6.45, 7) is -0.599. The highest BCUT2D eigenvalue weighted by molar-refractivity contribution is 5.91. The largest absolute Gasteiger partial charge is 0.393 e. The molecule has 0 saturated heterocycles. The minimum atomic E-state index is -1.29. The Balaban J connectivity index is 1.64. The van der Waals surface area contributed by atoms with Gasteiger partial charge in [-0.05, 0) is 36.6 Å². The van der Waals surface area contributed by atoms with Crippen LogP contribution in [-0.2, 0) is 29.1 Å². The molecule has 0 amide bonds. The molecule has 0 radical (unpaired) electrons. The summed E-state index contributed by atoms with van der Waals surface area (Å²) in [5.41, 5.74) is 0.295. The van der Waals surface area contributed by atoms with E-state index in [-0.39, 0.29) is 42.4 Å². The molecule has 2 aromatic rings. The lowest BCUT2D eigenvalue weighted by molar-refractivity contribution is -0.235. The smallest absolute Gasteiger partial charge is 0.386 e. The molecule has 170 valence electrons. The summed E-state index contributed by atoms with van der Waals surface area (Å²) in [5.74, 6) is -3.45. The van der Waals surface area contributed by atoms with E-state index in [9.17, 15) is 24.3 Å². The molecule has 1 atom stereocenters. The monoisotopic (exact) mass is 446 g/mol. The fraction of sp³-hybridized carbons (Fsp3) is 0.273. The lowest BCUT2D eigenvalue weighted by atomic mass is 10.0. The Kier molecular flexibility index (Phi) is 9.82. The van der Waals surface area contributed by atoms with Crippen LogP contribution in [0.5, 0.6) is 0 Å². The maximum Gasteiger partial charge on any atom is 0.386 e. The summed E-state index contributed by atoms with van der Waals surface area (Å²) in [7, 11) is 0. The molecule has 0 aliphatic carbocycles. The van der Waals surface area contributed by atoms with Gasteiger partial charge in [0.1, 0.15) is 6.10 Å². The zero-order valence-electron chi connectivity index (χ0n) is 17.0. The lowest BCUT2D eigenvalue weighted by Gasteiger charge is -2.11. The van der Waals surface area contributed by atoms with Gasteiger partial charge in [-0.25, -0.2) is 38.7 Å². The van der Waals surface area contributed by atoms with E-state index in [0.717, 1.165) is 0 Å². The highest BCUT2D eigenvalue weighted by Gasteiger charge is 2.20. The Morgan fingerprint density at radius 1 is 0.719 bits per heavy atom. The van der Waals surface area contributed by atoms with E-state index >= 15 is 0 Å². The first-order valence-corrected chi connectivity index (χ1v) is 9.68. The minimum Gasteiger partial charge on any atom is -0.393 e. The van der Waals surface area contributed by atoms with Gasteiger partial charge in [0.05, 0.1) is 30.6 Å². The standard InChI is InChI=1S/C22H22O10/c23-14-18(24)16-10-4-5-11-17(16)22(28)32-30-20(26)13-7-6-12-19(25)29-31-21(27)15-8-2-1-3-9-15/h1-5,8-11,18,23-24H,6-7,12-14H2. The fourth-order valence-electron chi connectivity index (χ4n) is 2.53. The number of benzene rings is 2. The zero-order chi connectivity index (χ0) is 23.3. The molecule has 0 aromatic heterocycles. The van der Waals surface area contributed by atoms with E-state index in [1.54, 1.807) is 24.3 Å². The van der Waals surface area contributed by atoms with Crippen molar-refractivity contribution in [2.45, 2.75) is 31.8 Å². The van der Waals surface area contributed by atoms with Gasteiger partial charge in [-0.1, -0.05) is 36.4 Å². The first-order chi connectivity index (χ1) is 15.4. The molecule has 1 unspecified atom stereocenters. The van der Waals surface area contributed by atoms with Crippen molar-refractivity contribution in [3.05, 3.63) is 71.3 Å². The van der Waals surface area contributed by atoms with E-state index in [1.165, 1.54) is 30.3 Å². The first kappa shape index (κ1) is 24.5. The Morgan fingerprint density at radius 2 is 1.25 bits per heavy atom. The number of hydrogen-bond acceptors (Lipinski definition) is 10. The van der Waals surface area contributed by atoms with Gasteiger partial charge in [0, 0.05) is 0 Å². The molecular weight excluding hydrogens is 424 g/mol. The van der Waals surface area contributed by atoms with Crippen LogP contribution >= 0.6 is 0 Å². The van der Waals surface area contributed by atoms with Crippen molar-refractivity contribution in [3.8, 4) is 0 Å². The van der Waals surface area contributed by atoms with Gasteiger partial charge in [0.25, 0.3) is 0 Å². The first-order valence-electron chi connectivity index (χ1n) is 9.68. The second kappa shape index (κ2) is 12.8. The van der Waals surface area contributed by atoms with Crippen molar-refractivity contribution in [3.63, 3.8) is 0 Å². The second-order valence-corrected chi connectivity index (χ2v) is 6.51. The van der Waals surface area contributed by atoms with Gasteiger partial charge in [0.2, 0.25) is 0 Å². The molecule has 2 aromatic carbocycles. The fourth-order valence-corrected chi connectivity index (χ4v) is 2.53. The molecule has 0 saturated carbocycles. The summed E-state index contributed by atoms with van der Waals surface area (Å²) in [5, 5.41) is 18.8. The summed E-state index contributed by atoms with van der Waals surface area (Å²) in [4.78, 5) is 64.8. The van der Waals surface area contributed by atoms with Crippen LogP contribution in [0.2, 0.25) is 0 Å². The van der Waals surface area contributed by atoms with Crippen molar-refractivity contribution in [2.24, 2.45) is 0 Å². The third-order valence-corrected chi connectivity index (χ3v) is 4.15. The molecule has 2 N–H and O–H groups in total. The zero-order valence-corrected chi connectivity index (χ0v) is 17.0. The van der Waals surface area contributed by atoms with Gasteiger partial charge in [-0.15, -0.1) is 0 Å². The number of aliphatic hydroxyl groups excluding tert-OH is 2. The Hall–Kier alpha value is -3.76. The molecule has 10 heteroatoms. The maximum absolute atomic E-state index is 12.0. The number of rotatable bonds is 9. The van der Waals surface area contributed by atoms with Crippen LogP contribution in [0.25, 0.3) is 0 Å². The van der Waals surface area contributed by atoms with Crippen LogP contribution in [0.3, 0.4) is 0 Å². The number of unbranched alkanes of at least 4 members (excludes halogenated alkanes) is 1. The van der Waals surface area contributed by atoms with Crippen molar-refractivity contribution in [2.75, 3.05) is 6.61 Å². The van der Waals surface area contributed by atoms with Crippen LogP contribution in [0.1, 0.15) is 58.1 Å². The average Bonchev–Trinajstić information content (AvgIpc) is 2.83. The summed E-state index contributed by atoms with van der Waals surface area (Å²) < 4.78 is 0. The SMILES string of the molecule is O=C(CCCCC(=O)OOC(=O)c1ccccc1C(O)CO)OOC(=O)c1ccccc1. The topological polar surface area (TPSA) is 146 Å². The van der Waals surface area contributed by atoms with Crippen LogP contribution in [-0.4, -0.2) is 40.7 Å². The molecule has 0 bridgehead atoms. The van der Waals surface area contributed by atoms with E-state index in [1.807, 2.05) is 0 Å². The summed E-state index contributed by atoms with van der Waals surface area (Å²) in [6.07, 6.45) is -1.10. The van der Waals surface area contributed by atoms with Crippen LogP contribution in [0, 0.1) is 0 Å². The lowest BCUT2D eigenvalue weighted by Crippen LogP contribution is -2.15. The maximum atomic E-state index is 12.0. The van der Waals surface area contributed by atoms with Gasteiger partial charge in [-0.2, -0.15) is 0 Å². The van der Waals surface area contributed by atoms with E-state index in [0.29, 0.717) is 0 Å². The summed E-state index contributed by atoms with van der Waals surface area (Å²) in [6, 6.07) is 13.8. The molecular formula is C22H22O10. The molecule has 10 nitrogen and oxygen atoms in total. The van der Waals surface area contributed by atoms with Crippen molar-refractivity contribution in [1.29, 1.82) is 0 Å². The van der Waals surface area contributed by atoms with Crippen LogP contribution in [0.15, 0.2) is 54.6 Å². The van der Waals surface area contributed by atoms with E-state index < -0.39 is 36.6 Å². The molecule has 0 aliphatic heterocycles. The number of aliphatic hydroxyl groups is 2. The summed E-state index contributed by atoms with van der Waals surface area (Å²) >= 11 is 0. The molecule has 0 aliphatic rings.